The molecule has 6 nitrogen and oxygen atoms in total. The van der Waals surface area contributed by atoms with Crippen LogP contribution >= 0.6 is 0 Å². The number of aromatic amines is 1. The molecule has 0 spiro atoms. The van der Waals surface area contributed by atoms with Crippen LogP contribution in [0.1, 0.15) is 48.2 Å². The number of carbonyl (C=O) groups is 2. The van der Waals surface area contributed by atoms with E-state index in [-0.39, 0.29) is 24.4 Å². The number of fused-ring (bicyclic) bond motifs is 4. The SMILES string of the molecule is CCCCN1CC(=O)N2[C@H](c3ccc(C#N)cc3)c3[nH]c4ccccc4c3C[C@@H]2C1=O. The number of amides is 2. The largest absolute Gasteiger partial charge is 0.356 e. The fourth-order valence-corrected chi connectivity index (χ4v) is 4.95. The molecule has 0 radical (unpaired) electrons. The highest BCUT2D eigenvalue weighted by Gasteiger charge is 2.47. The van der Waals surface area contributed by atoms with Gasteiger partial charge in [0.05, 0.1) is 24.2 Å². The van der Waals surface area contributed by atoms with Gasteiger partial charge in [0.25, 0.3) is 0 Å². The molecule has 6 heteroatoms. The zero-order chi connectivity index (χ0) is 21.5. The minimum Gasteiger partial charge on any atom is -0.356 e. The van der Waals surface area contributed by atoms with Crippen LogP contribution in [0.5, 0.6) is 0 Å². The molecule has 2 aromatic carbocycles. The lowest BCUT2D eigenvalue weighted by Crippen LogP contribution is -2.63. The van der Waals surface area contributed by atoms with Gasteiger partial charge in [-0.3, -0.25) is 9.59 Å². The van der Waals surface area contributed by atoms with Crippen LogP contribution in [0.3, 0.4) is 0 Å². The monoisotopic (exact) mass is 412 g/mol. The molecule has 1 saturated heterocycles. The van der Waals surface area contributed by atoms with Crippen molar-refractivity contribution in [3.8, 4) is 6.07 Å². The van der Waals surface area contributed by atoms with Gasteiger partial charge in [-0.05, 0) is 35.7 Å². The highest BCUT2D eigenvalue weighted by atomic mass is 16.2. The Morgan fingerprint density at radius 3 is 2.65 bits per heavy atom. The summed E-state index contributed by atoms with van der Waals surface area (Å²) in [6.07, 6.45) is 2.38. The number of piperazine rings is 1. The number of rotatable bonds is 4. The summed E-state index contributed by atoms with van der Waals surface area (Å²) in [6.45, 7) is 2.83. The maximum absolute atomic E-state index is 13.4. The van der Waals surface area contributed by atoms with Crippen LogP contribution in [0.15, 0.2) is 48.5 Å². The topological polar surface area (TPSA) is 80.2 Å². The summed E-state index contributed by atoms with van der Waals surface area (Å²) in [5.74, 6) is 0.00185. The first kappa shape index (κ1) is 19.4. The predicted molar refractivity (Wildman–Crippen MR) is 117 cm³/mol. The van der Waals surface area contributed by atoms with E-state index in [1.807, 2.05) is 30.3 Å². The van der Waals surface area contributed by atoms with Gasteiger partial charge in [-0.2, -0.15) is 5.26 Å². The molecule has 2 atom stereocenters. The number of aromatic nitrogens is 1. The maximum atomic E-state index is 13.4. The molecule has 0 unspecified atom stereocenters. The van der Waals surface area contributed by atoms with Crippen LogP contribution in [0.2, 0.25) is 0 Å². The number of hydrogen-bond acceptors (Lipinski definition) is 3. The first-order chi connectivity index (χ1) is 15.1. The van der Waals surface area contributed by atoms with E-state index >= 15 is 0 Å². The molecule has 156 valence electrons. The molecule has 0 bridgehead atoms. The minimum absolute atomic E-state index is 0.0284. The lowest BCUT2D eigenvalue weighted by Gasteiger charge is -2.47. The number of H-pyrrole nitrogens is 1. The van der Waals surface area contributed by atoms with Gasteiger partial charge in [0, 0.05) is 29.6 Å². The van der Waals surface area contributed by atoms with Crippen molar-refractivity contribution in [2.24, 2.45) is 0 Å². The smallest absolute Gasteiger partial charge is 0.246 e. The zero-order valence-corrected chi connectivity index (χ0v) is 17.5. The molecule has 2 aliphatic heterocycles. The molecule has 1 fully saturated rings. The van der Waals surface area contributed by atoms with E-state index in [0.29, 0.717) is 18.5 Å². The summed E-state index contributed by atoms with van der Waals surface area (Å²) in [6, 6.07) is 16.7. The molecule has 1 aromatic heterocycles. The Morgan fingerprint density at radius 1 is 1.13 bits per heavy atom. The van der Waals surface area contributed by atoms with E-state index in [1.54, 1.807) is 21.9 Å². The molecule has 2 amide bonds. The molecule has 31 heavy (non-hydrogen) atoms. The highest BCUT2D eigenvalue weighted by molar-refractivity contribution is 5.97. The van der Waals surface area contributed by atoms with Gasteiger partial charge in [0.15, 0.2) is 0 Å². The van der Waals surface area contributed by atoms with E-state index in [4.69, 9.17) is 0 Å². The molecule has 0 saturated carbocycles. The molecule has 5 rings (SSSR count). The first-order valence-electron chi connectivity index (χ1n) is 10.8. The number of nitrogens with zero attached hydrogens (tertiary/aromatic N) is 3. The average Bonchev–Trinajstić information content (AvgIpc) is 3.17. The standard InChI is InChI=1S/C25H24N4O2/c1-2-3-12-28-15-22(30)29-21(25(28)31)13-19-18-6-4-5-7-20(18)27-23(19)24(29)17-10-8-16(14-26)9-11-17/h4-11,21,24,27H,2-3,12-13,15H2,1H3/t21-,24-/m1/s1. The van der Waals surface area contributed by atoms with Crippen molar-refractivity contribution in [1.29, 1.82) is 5.26 Å². The van der Waals surface area contributed by atoms with E-state index in [2.05, 4.69) is 24.0 Å². The van der Waals surface area contributed by atoms with Crippen molar-refractivity contribution in [3.63, 3.8) is 0 Å². The number of carbonyl (C=O) groups excluding carboxylic acids is 2. The molecule has 3 heterocycles. The van der Waals surface area contributed by atoms with Crippen LogP contribution in [0.25, 0.3) is 10.9 Å². The summed E-state index contributed by atoms with van der Waals surface area (Å²) < 4.78 is 0. The molecular weight excluding hydrogens is 388 g/mol. The van der Waals surface area contributed by atoms with Gasteiger partial charge in [-0.15, -0.1) is 0 Å². The van der Waals surface area contributed by atoms with Crippen LogP contribution < -0.4 is 0 Å². The van der Waals surface area contributed by atoms with Gasteiger partial charge in [0.1, 0.15) is 6.04 Å². The van der Waals surface area contributed by atoms with E-state index in [1.165, 1.54) is 0 Å². The normalized spacial score (nSPS) is 20.5. The predicted octanol–water partition coefficient (Wildman–Crippen LogP) is 3.52. The lowest BCUT2D eigenvalue weighted by atomic mass is 9.86. The van der Waals surface area contributed by atoms with Gasteiger partial charge in [-0.25, -0.2) is 0 Å². The Kier molecular flexibility index (Phi) is 4.74. The number of para-hydroxylation sites is 1. The molecule has 2 aliphatic rings. The quantitative estimate of drug-likeness (QED) is 0.712. The summed E-state index contributed by atoms with van der Waals surface area (Å²) in [7, 11) is 0. The van der Waals surface area contributed by atoms with Crippen molar-refractivity contribution in [2.75, 3.05) is 13.1 Å². The van der Waals surface area contributed by atoms with Gasteiger partial charge < -0.3 is 14.8 Å². The van der Waals surface area contributed by atoms with Crippen molar-refractivity contribution >= 4 is 22.7 Å². The second kappa shape index (κ2) is 7.59. The van der Waals surface area contributed by atoms with Gasteiger partial charge in [-0.1, -0.05) is 43.7 Å². The molecular formula is C25H24N4O2. The summed E-state index contributed by atoms with van der Waals surface area (Å²) in [5.41, 5.74) is 4.54. The Morgan fingerprint density at radius 2 is 1.90 bits per heavy atom. The van der Waals surface area contributed by atoms with E-state index < -0.39 is 6.04 Å². The van der Waals surface area contributed by atoms with Crippen molar-refractivity contribution in [1.82, 2.24) is 14.8 Å². The third kappa shape index (κ3) is 3.09. The summed E-state index contributed by atoms with van der Waals surface area (Å²) in [5, 5.41) is 10.3. The van der Waals surface area contributed by atoms with Crippen LogP contribution in [-0.2, 0) is 16.0 Å². The highest BCUT2D eigenvalue weighted by Crippen LogP contribution is 2.42. The van der Waals surface area contributed by atoms with Gasteiger partial charge in [0.2, 0.25) is 11.8 Å². The molecule has 0 aliphatic carbocycles. The number of benzene rings is 2. The molecule has 1 N–H and O–H groups in total. The van der Waals surface area contributed by atoms with Crippen LogP contribution in [0.4, 0.5) is 0 Å². The van der Waals surface area contributed by atoms with E-state index in [0.717, 1.165) is 40.6 Å². The second-order valence-corrected chi connectivity index (χ2v) is 8.33. The van der Waals surface area contributed by atoms with Crippen LogP contribution in [0, 0.1) is 11.3 Å². The van der Waals surface area contributed by atoms with Crippen molar-refractivity contribution in [2.45, 2.75) is 38.3 Å². The fraction of sp³-hybridized carbons (Fsp3) is 0.320. The number of nitrogens with one attached hydrogen (secondary N) is 1. The van der Waals surface area contributed by atoms with Crippen molar-refractivity contribution < 1.29 is 9.59 Å². The summed E-state index contributed by atoms with van der Waals surface area (Å²) >= 11 is 0. The third-order valence-corrected chi connectivity index (χ3v) is 6.48. The maximum Gasteiger partial charge on any atom is 0.246 e. The second-order valence-electron chi connectivity index (χ2n) is 8.33. The fourth-order valence-electron chi connectivity index (χ4n) is 4.95. The number of unbranched alkanes of at least 4 members (excludes halogenated alkanes) is 1. The molecule has 3 aromatic rings. The van der Waals surface area contributed by atoms with Crippen molar-refractivity contribution in [3.05, 3.63) is 70.9 Å². The Hall–Kier alpha value is -3.59. The zero-order valence-electron chi connectivity index (χ0n) is 17.5. The third-order valence-electron chi connectivity index (χ3n) is 6.48. The summed E-state index contributed by atoms with van der Waals surface area (Å²) in [4.78, 5) is 33.8. The van der Waals surface area contributed by atoms with Gasteiger partial charge >= 0.3 is 0 Å². The minimum atomic E-state index is -0.509. The average molecular weight is 412 g/mol. The number of hydrogen-bond donors (Lipinski definition) is 1. The lowest BCUT2D eigenvalue weighted by molar-refractivity contribution is -0.158. The Balaban J connectivity index is 1.66. The Labute approximate surface area is 181 Å². The number of nitriles is 1. The Bertz CT molecular complexity index is 1200. The van der Waals surface area contributed by atoms with E-state index in [9.17, 15) is 14.9 Å². The van der Waals surface area contributed by atoms with Crippen LogP contribution in [-0.4, -0.2) is 45.7 Å². The first-order valence-corrected chi connectivity index (χ1v) is 10.8.